The number of allylic oxidation sites excluding steroid dienone is 6. The number of amides is 2. The SMILES string of the molecule is COc1ccc([C@H]2C3=CC[C@@H]4C(=O)N(c5ccc(Nc6ccccc6)cc5)C(=O)[C@@H]4[C@@H]3CC3=C2C(=O)C=C(C)C3=O)cc1O. The van der Waals surface area contributed by atoms with Crippen molar-refractivity contribution in [3.05, 3.63) is 113 Å². The fourth-order valence-corrected chi connectivity index (χ4v) is 7.28. The Morgan fingerprint density at radius 1 is 0.886 bits per heavy atom. The number of hydrogen-bond acceptors (Lipinski definition) is 7. The number of methoxy groups -OCH3 is 1. The first-order valence-electron chi connectivity index (χ1n) is 14.6. The maximum absolute atomic E-state index is 14.2. The molecule has 2 N–H and O–H groups in total. The zero-order valence-electron chi connectivity index (χ0n) is 24.2. The Morgan fingerprint density at radius 3 is 2.32 bits per heavy atom. The highest BCUT2D eigenvalue weighted by atomic mass is 16.5. The molecular formula is C36H30N2O6. The zero-order valence-corrected chi connectivity index (χ0v) is 24.2. The summed E-state index contributed by atoms with van der Waals surface area (Å²) < 4.78 is 5.23. The first-order valence-corrected chi connectivity index (χ1v) is 14.6. The number of phenolic OH excluding ortho intramolecular Hbond substituents is 1. The van der Waals surface area contributed by atoms with E-state index in [2.05, 4.69) is 5.32 Å². The van der Waals surface area contributed by atoms with Crippen molar-refractivity contribution >= 4 is 40.4 Å². The van der Waals surface area contributed by atoms with E-state index < -0.39 is 23.7 Å². The van der Waals surface area contributed by atoms with Crippen LogP contribution in [0.3, 0.4) is 0 Å². The van der Waals surface area contributed by atoms with Crippen LogP contribution in [-0.2, 0) is 19.2 Å². The summed E-state index contributed by atoms with van der Waals surface area (Å²) in [6.45, 7) is 1.62. The van der Waals surface area contributed by atoms with Gasteiger partial charge in [0.25, 0.3) is 0 Å². The second-order valence-electron chi connectivity index (χ2n) is 11.7. The number of carbonyl (C=O) groups is 4. The molecule has 0 spiro atoms. The van der Waals surface area contributed by atoms with Gasteiger partial charge in [0.2, 0.25) is 11.8 Å². The highest BCUT2D eigenvalue weighted by molar-refractivity contribution is 6.25. The van der Waals surface area contributed by atoms with Gasteiger partial charge >= 0.3 is 0 Å². The Labute approximate surface area is 254 Å². The lowest BCUT2D eigenvalue weighted by Gasteiger charge is -2.42. The number of para-hydroxylation sites is 1. The average Bonchev–Trinajstić information content (AvgIpc) is 3.29. The van der Waals surface area contributed by atoms with E-state index in [1.807, 2.05) is 48.5 Å². The van der Waals surface area contributed by atoms with Gasteiger partial charge in [-0.3, -0.25) is 24.1 Å². The van der Waals surface area contributed by atoms with E-state index in [0.717, 1.165) is 16.9 Å². The zero-order chi connectivity index (χ0) is 30.7. The second kappa shape index (κ2) is 10.5. The molecular weight excluding hydrogens is 556 g/mol. The molecule has 0 saturated carbocycles. The van der Waals surface area contributed by atoms with E-state index in [0.29, 0.717) is 34.4 Å². The molecule has 4 aliphatic rings. The summed E-state index contributed by atoms with van der Waals surface area (Å²) >= 11 is 0. The van der Waals surface area contributed by atoms with Crippen molar-refractivity contribution in [2.45, 2.75) is 25.7 Å². The topological polar surface area (TPSA) is 113 Å². The predicted molar refractivity (Wildman–Crippen MR) is 165 cm³/mol. The van der Waals surface area contributed by atoms with Gasteiger partial charge in [0.15, 0.2) is 23.1 Å². The molecule has 1 fully saturated rings. The van der Waals surface area contributed by atoms with E-state index >= 15 is 0 Å². The standard InChI is InChI=1S/C36H30N2O6/c1-19-16-29(40)33-27(34(19)41)18-26-24(31(33)20-8-15-30(44-2)28(39)17-20)13-14-25-32(26)36(43)38(35(25)42)23-11-9-22(10-12-23)37-21-6-4-3-5-7-21/h3-13,15-17,25-26,31-32,37,39H,14,18H2,1-2H3/t25-,26+,31-,32-/m0/s1. The van der Waals surface area contributed by atoms with Gasteiger partial charge in [-0.25, -0.2) is 0 Å². The van der Waals surface area contributed by atoms with Crippen LogP contribution in [0, 0.1) is 17.8 Å². The average molecular weight is 587 g/mol. The van der Waals surface area contributed by atoms with Crippen LogP contribution in [0.2, 0.25) is 0 Å². The largest absolute Gasteiger partial charge is 0.504 e. The molecule has 8 heteroatoms. The minimum Gasteiger partial charge on any atom is -0.504 e. The fraction of sp³-hybridized carbons (Fsp3) is 0.222. The number of carbonyl (C=O) groups excluding carboxylic acids is 4. The van der Waals surface area contributed by atoms with Crippen molar-refractivity contribution in [1.82, 2.24) is 0 Å². The molecule has 0 unspecified atom stereocenters. The molecule has 0 aromatic heterocycles. The highest BCUT2D eigenvalue weighted by Gasteiger charge is 2.56. The molecule has 44 heavy (non-hydrogen) atoms. The molecule has 8 nitrogen and oxygen atoms in total. The van der Waals surface area contributed by atoms with Crippen LogP contribution in [0.5, 0.6) is 11.5 Å². The normalized spacial score (nSPS) is 24.4. The quantitative estimate of drug-likeness (QED) is 0.221. The van der Waals surface area contributed by atoms with E-state index in [4.69, 9.17) is 4.74 Å². The maximum atomic E-state index is 14.2. The summed E-state index contributed by atoms with van der Waals surface area (Å²) in [7, 11) is 1.45. The molecule has 1 saturated heterocycles. The number of rotatable bonds is 5. The van der Waals surface area contributed by atoms with Crippen molar-refractivity contribution in [3.8, 4) is 11.5 Å². The number of aromatic hydroxyl groups is 1. The highest BCUT2D eigenvalue weighted by Crippen LogP contribution is 2.55. The summed E-state index contributed by atoms with van der Waals surface area (Å²) in [5.41, 5.74) is 4.79. The summed E-state index contributed by atoms with van der Waals surface area (Å²) in [6, 6.07) is 21.8. The molecule has 3 aromatic rings. The van der Waals surface area contributed by atoms with Gasteiger partial charge in [-0.15, -0.1) is 0 Å². The third-order valence-corrected chi connectivity index (χ3v) is 9.29. The number of nitrogens with one attached hydrogen (secondary N) is 1. The number of Topliss-reactive ketones (excluding diaryl/α,β-unsaturated/α-hetero) is 1. The lowest BCUT2D eigenvalue weighted by molar-refractivity contribution is -0.123. The molecule has 7 rings (SSSR count). The van der Waals surface area contributed by atoms with Gasteiger partial charge in [0, 0.05) is 34.0 Å². The summed E-state index contributed by atoms with van der Waals surface area (Å²) in [5, 5.41) is 13.9. The number of fused-ring (bicyclic) bond motifs is 3. The van der Waals surface area contributed by atoms with Crippen molar-refractivity contribution in [2.24, 2.45) is 17.8 Å². The molecule has 1 heterocycles. The molecule has 4 atom stereocenters. The number of phenols is 1. The van der Waals surface area contributed by atoms with Crippen LogP contribution in [0.25, 0.3) is 0 Å². The number of imide groups is 1. The Morgan fingerprint density at radius 2 is 1.61 bits per heavy atom. The van der Waals surface area contributed by atoms with Gasteiger partial charge in [-0.05, 0) is 85.9 Å². The first-order chi connectivity index (χ1) is 21.3. The first kappa shape index (κ1) is 27.6. The number of ether oxygens (including phenoxy) is 1. The monoisotopic (exact) mass is 586 g/mol. The van der Waals surface area contributed by atoms with Crippen molar-refractivity contribution in [2.75, 3.05) is 17.3 Å². The molecule has 220 valence electrons. The van der Waals surface area contributed by atoms with Gasteiger partial charge < -0.3 is 15.2 Å². The van der Waals surface area contributed by atoms with Crippen molar-refractivity contribution in [3.63, 3.8) is 0 Å². The number of hydrogen-bond donors (Lipinski definition) is 2. The predicted octanol–water partition coefficient (Wildman–Crippen LogP) is 5.78. The molecule has 0 bridgehead atoms. The third-order valence-electron chi connectivity index (χ3n) is 9.29. The minimum absolute atomic E-state index is 0.0895. The van der Waals surface area contributed by atoms with Gasteiger partial charge in [-0.1, -0.05) is 35.9 Å². The maximum Gasteiger partial charge on any atom is 0.238 e. The lowest BCUT2D eigenvalue weighted by atomic mass is 9.59. The van der Waals surface area contributed by atoms with E-state index in [9.17, 15) is 24.3 Å². The van der Waals surface area contributed by atoms with Crippen molar-refractivity contribution < 1.29 is 29.0 Å². The molecule has 0 radical (unpaired) electrons. The Hall–Kier alpha value is -5.24. The van der Waals surface area contributed by atoms with Crippen LogP contribution in [0.4, 0.5) is 17.1 Å². The van der Waals surface area contributed by atoms with Crippen LogP contribution in [-0.4, -0.2) is 35.6 Å². The fourth-order valence-electron chi connectivity index (χ4n) is 7.28. The van der Waals surface area contributed by atoms with Gasteiger partial charge in [0.1, 0.15) is 0 Å². The number of nitrogens with zero attached hydrogens (tertiary/aromatic N) is 1. The smallest absolute Gasteiger partial charge is 0.238 e. The number of anilines is 3. The van der Waals surface area contributed by atoms with Gasteiger partial charge in [0.05, 0.1) is 24.6 Å². The summed E-state index contributed by atoms with van der Waals surface area (Å²) in [5.74, 6) is -3.19. The van der Waals surface area contributed by atoms with Crippen molar-refractivity contribution in [1.29, 1.82) is 0 Å². The Kier molecular flexibility index (Phi) is 6.57. The van der Waals surface area contributed by atoms with Crippen LogP contribution < -0.4 is 15.0 Å². The minimum atomic E-state index is -0.679. The third kappa shape index (κ3) is 4.28. The summed E-state index contributed by atoms with van der Waals surface area (Å²) in [4.78, 5) is 56.1. The second-order valence-corrected chi connectivity index (χ2v) is 11.7. The lowest BCUT2D eigenvalue weighted by Crippen LogP contribution is -2.39. The van der Waals surface area contributed by atoms with Crippen LogP contribution >= 0.6 is 0 Å². The molecule has 3 aliphatic carbocycles. The van der Waals surface area contributed by atoms with E-state index in [1.165, 1.54) is 18.1 Å². The molecule has 2 amide bonds. The number of ketones is 2. The Bertz CT molecular complexity index is 1840. The number of benzene rings is 3. The molecule has 3 aromatic carbocycles. The Balaban J connectivity index is 1.25. The van der Waals surface area contributed by atoms with E-state index in [-0.39, 0.29) is 41.3 Å². The van der Waals surface area contributed by atoms with E-state index in [1.54, 1.807) is 37.3 Å². The van der Waals surface area contributed by atoms with Gasteiger partial charge in [-0.2, -0.15) is 0 Å². The summed E-state index contributed by atoms with van der Waals surface area (Å²) in [6.07, 6.45) is 3.87. The van der Waals surface area contributed by atoms with Crippen LogP contribution in [0.15, 0.2) is 107 Å². The molecule has 1 aliphatic heterocycles. The van der Waals surface area contributed by atoms with Crippen LogP contribution in [0.1, 0.15) is 31.2 Å².